The lowest BCUT2D eigenvalue weighted by atomic mass is 10.0. The molecule has 0 spiro atoms. The number of benzene rings is 3. The molecule has 8 heteroatoms. The Balaban J connectivity index is 1.47. The normalized spacial score (nSPS) is 11.5. The van der Waals surface area contributed by atoms with Gasteiger partial charge in [0.2, 0.25) is 0 Å². The summed E-state index contributed by atoms with van der Waals surface area (Å²) in [7, 11) is 0. The number of hydrogen-bond acceptors (Lipinski definition) is 7. The third-order valence-corrected chi connectivity index (χ3v) is 7.30. The average Bonchev–Trinajstić information content (AvgIpc) is 3.03. The van der Waals surface area contributed by atoms with E-state index in [2.05, 4.69) is 6.92 Å². The summed E-state index contributed by atoms with van der Waals surface area (Å²) in [6, 6.07) is 18.6. The molecule has 0 aromatic heterocycles. The highest BCUT2D eigenvalue weighted by Gasteiger charge is 2.20. The highest BCUT2D eigenvalue weighted by Crippen LogP contribution is 2.31. The first kappa shape index (κ1) is 34.6. The fraction of sp³-hybridized carbons (Fsp3) is 0.417. The van der Waals surface area contributed by atoms with Crippen molar-refractivity contribution < 1.29 is 33.3 Å². The van der Waals surface area contributed by atoms with E-state index in [0.29, 0.717) is 29.4 Å². The van der Waals surface area contributed by atoms with Crippen molar-refractivity contribution in [2.75, 3.05) is 13.2 Å². The molecule has 0 aliphatic rings. The monoisotopic (exact) mass is 622 g/mol. The first-order chi connectivity index (χ1) is 21.3. The van der Waals surface area contributed by atoms with Gasteiger partial charge in [0.1, 0.15) is 11.5 Å². The van der Waals surface area contributed by atoms with Gasteiger partial charge in [-0.3, -0.25) is 0 Å². The maximum atomic E-state index is 12.7. The Morgan fingerprint density at radius 3 is 1.91 bits per heavy atom. The van der Waals surface area contributed by atoms with Gasteiger partial charge < -0.3 is 18.9 Å². The standard InChI is InChI=1S/C36H43ClO7/c1-4-6-7-8-9-10-11-12-24-41-33-22-19-30(25-32(33)37)27-13-15-28(16-14-27)36(40)44-31-20-17-29(18-21-31)35(39)43-26(3)34(38)42-23-5-2/h13-22,25-26H,4-12,23-24H2,1-3H3/t26-/m0/s1. The zero-order valence-electron chi connectivity index (χ0n) is 25.9. The van der Waals surface area contributed by atoms with Crippen LogP contribution < -0.4 is 9.47 Å². The van der Waals surface area contributed by atoms with Gasteiger partial charge in [0.15, 0.2) is 6.10 Å². The van der Waals surface area contributed by atoms with Crippen molar-refractivity contribution in [3.63, 3.8) is 0 Å². The van der Waals surface area contributed by atoms with E-state index in [1.165, 1.54) is 69.7 Å². The Morgan fingerprint density at radius 2 is 1.27 bits per heavy atom. The lowest BCUT2D eigenvalue weighted by molar-refractivity contribution is -0.153. The predicted molar refractivity (Wildman–Crippen MR) is 173 cm³/mol. The van der Waals surface area contributed by atoms with Crippen LogP contribution in [0.25, 0.3) is 11.1 Å². The minimum atomic E-state index is -1.03. The maximum absolute atomic E-state index is 12.7. The van der Waals surface area contributed by atoms with Crippen molar-refractivity contribution in [1.82, 2.24) is 0 Å². The first-order valence-corrected chi connectivity index (χ1v) is 15.9. The fourth-order valence-corrected chi connectivity index (χ4v) is 4.67. The zero-order chi connectivity index (χ0) is 31.7. The van der Waals surface area contributed by atoms with Crippen LogP contribution >= 0.6 is 11.6 Å². The molecule has 0 fully saturated rings. The van der Waals surface area contributed by atoms with Crippen molar-refractivity contribution in [2.24, 2.45) is 0 Å². The quantitative estimate of drug-likeness (QED) is 0.0793. The Kier molecular flexibility index (Phi) is 14.8. The minimum absolute atomic E-state index is 0.215. The molecule has 0 aliphatic heterocycles. The second-order valence-corrected chi connectivity index (χ2v) is 11.1. The summed E-state index contributed by atoms with van der Waals surface area (Å²) >= 11 is 6.50. The molecule has 0 N–H and O–H groups in total. The number of ether oxygens (including phenoxy) is 4. The fourth-order valence-electron chi connectivity index (χ4n) is 4.44. The summed E-state index contributed by atoms with van der Waals surface area (Å²) in [5.41, 5.74) is 2.39. The summed E-state index contributed by atoms with van der Waals surface area (Å²) in [5, 5.41) is 0.545. The van der Waals surface area contributed by atoms with Crippen LogP contribution in [0.15, 0.2) is 66.7 Å². The number of carbonyl (C=O) groups excluding carboxylic acids is 3. The molecule has 0 amide bonds. The lowest BCUT2D eigenvalue weighted by Crippen LogP contribution is -2.26. The van der Waals surface area contributed by atoms with Gasteiger partial charge in [0.25, 0.3) is 0 Å². The Labute approximate surface area is 265 Å². The van der Waals surface area contributed by atoms with Crippen LogP contribution in [0, 0.1) is 0 Å². The number of rotatable bonds is 18. The minimum Gasteiger partial charge on any atom is -0.492 e. The Bertz CT molecular complexity index is 1340. The van der Waals surface area contributed by atoms with Crippen LogP contribution in [0.1, 0.15) is 99.3 Å². The van der Waals surface area contributed by atoms with Gasteiger partial charge >= 0.3 is 17.9 Å². The van der Waals surface area contributed by atoms with Crippen molar-refractivity contribution in [1.29, 1.82) is 0 Å². The molecule has 7 nitrogen and oxygen atoms in total. The van der Waals surface area contributed by atoms with Crippen molar-refractivity contribution >= 4 is 29.5 Å². The van der Waals surface area contributed by atoms with E-state index in [-0.39, 0.29) is 17.9 Å². The Morgan fingerprint density at radius 1 is 0.682 bits per heavy atom. The van der Waals surface area contributed by atoms with E-state index in [1.807, 2.05) is 37.3 Å². The smallest absolute Gasteiger partial charge is 0.347 e. The maximum Gasteiger partial charge on any atom is 0.347 e. The van der Waals surface area contributed by atoms with Crippen LogP contribution in [0.4, 0.5) is 0 Å². The second-order valence-electron chi connectivity index (χ2n) is 10.7. The third-order valence-electron chi connectivity index (χ3n) is 7.01. The van der Waals surface area contributed by atoms with E-state index in [1.54, 1.807) is 12.1 Å². The predicted octanol–water partition coefficient (Wildman–Crippen LogP) is 9.24. The van der Waals surface area contributed by atoms with Crippen LogP contribution in [0.3, 0.4) is 0 Å². The lowest BCUT2D eigenvalue weighted by Gasteiger charge is -2.12. The van der Waals surface area contributed by atoms with Crippen LogP contribution in [-0.4, -0.2) is 37.2 Å². The number of hydrogen-bond donors (Lipinski definition) is 0. The van der Waals surface area contributed by atoms with E-state index >= 15 is 0 Å². The highest BCUT2D eigenvalue weighted by molar-refractivity contribution is 6.32. The molecule has 0 heterocycles. The number of halogens is 1. The summed E-state index contributed by atoms with van der Waals surface area (Å²) in [5.74, 6) is -0.887. The van der Waals surface area contributed by atoms with E-state index in [4.69, 9.17) is 30.5 Å². The molecule has 0 bridgehead atoms. The Hall–Kier alpha value is -3.84. The number of unbranched alkanes of at least 4 members (excludes halogenated alkanes) is 7. The number of carbonyl (C=O) groups is 3. The van der Waals surface area contributed by atoms with E-state index in [0.717, 1.165) is 24.0 Å². The average molecular weight is 623 g/mol. The van der Waals surface area contributed by atoms with Crippen molar-refractivity contribution in [3.8, 4) is 22.6 Å². The zero-order valence-corrected chi connectivity index (χ0v) is 26.7. The molecule has 0 radical (unpaired) electrons. The summed E-state index contributed by atoms with van der Waals surface area (Å²) < 4.78 is 21.5. The van der Waals surface area contributed by atoms with Gasteiger partial charge in [-0.2, -0.15) is 0 Å². The molecular weight excluding hydrogens is 580 g/mol. The summed E-state index contributed by atoms with van der Waals surface area (Å²) in [4.78, 5) is 36.9. The topological polar surface area (TPSA) is 88.1 Å². The van der Waals surface area contributed by atoms with Gasteiger partial charge in [-0.05, 0) is 79.4 Å². The van der Waals surface area contributed by atoms with Crippen LogP contribution in [0.5, 0.6) is 11.5 Å². The third kappa shape index (κ3) is 11.3. The second kappa shape index (κ2) is 18.7. The van der Waals surface area contributed by atoms with Gasteiger partial charge in [-0.15, -0.1) is 0 Å². The first-order valence-electron chi connectivity index (χ1n) is 15.5. The molecule has 3 aromatic carbocycles. The SMILES string of the molecule is CCCCCCCCCCOc1ccc(-c2ccc(C(=O)Oc3ccc(C(=O)O[C@@H](C)C(=O)OCCC)cc3)cc2)cc1Cl. The molecule has 44 heavy (non-hydrogen) atoms. The van der Waals surface area contributed by atoms with Gasteiger partial charge in [0, 0.05) is 0 Å². The molecule has 0 saturated heterocycles. The van der Waals surface area contributed by atoms with Crippen LogP contribution in [-0.2, 0) is 14.3 Å². The molecule has 1 atom stereocenters. The van der Waals surface area contributed by atoms with Crippen molar-refractivity contribution in [3.05, 3.63) is 82.9 Å². The van der Waals surface area contributed by atoms with Crippen LogP contribution in [0.2, 0.25) is 5.02 Å². The summed E-state index contributed by atoms with van der Waals surface area (Å²) in [6.45, 7) is 6.47. The van der Waals surface area contributed by atoms with Crippen molar-refractivity contribution in [2.45, 2.75) is 84.7 Å². The van der Waals surface area contributed by atoms with E-state index < -0.39 is 24.0 Å². The highest BCUT2D eigenvalue weighted by atomic mass is 35.5. The molecule has 0 unspecified atom stereocenters. The molecule has 236 valence electrons. The van der Waals surface area contributed by atoms with Gasteiger partial charge in [0.05, 0.1) is 29.4 Å². The molecule has 0 aliphatic carbocycles. The van der Waals surface area contributed by atoms with E-state index in [9.17, 15) is 14.4 Å². The molecule has 3 aromatic rings. The van der Waals surface area contributed by atoms with Gasteiger partial charge in [-0.1, -0.05) is 88.6 Å². The largest absolute Gasteiger partial charge is 0.492 e. The summed E-state index contributed by atoms with van der Waals surface area (Å²) in [6.07, 6.45) is 9.60. The number of esters is 3. The molecule has 3 rings (SSSR count). The van der Waals surface area contributed by atoms with Gasteiger partial charge in [-0.25, -0.2) is 14.4 Å². The molecule has 0 saturated carbocycles. The molecular formula is C36H43ClO7.